The largest absolute Gasteiger partial charge is 0.338 e. The molecule has 1 atom stereocenters. The SMILES string of the molecule is CCCN(Cc1ccc(C#N)cc1)C(=O)C1CC(=O)N(c2ccccc2CC)C1. The van der Waals surface area contributed by atoms with Crippen LogP contribution in [0.4, 0.5) is 5.69 Å². The summed E-state index contributed by atoms with van der Waals surface area (Å²) in [5.41, 5.74) is 3.64. The van der Waals surface area contributed by atoms with E-state index in [2.05, 4.69) is 13.0 Å². The van der Waals surface area contributed by atoms with Crippen molar-refractivity contribution in [3.05, 3.63) is 65.2 Å². The molecule has 2 amide bonds. The van der Waals surface area contributed by atoms with Gasteiger partial charge in [0, 0.05) is 31.7 Å². The fourth-order valence-electron chi connectivity index (χ4n) is 3.88. The minimum atomic E-state index is -0.322. The van der Waals surface area contributed by atoms with Crippen LogP contribution in [0.5, 0.6) is 0 Å². The highest BCUT2D eigenvalue weighted by Crippen LogP contribution is 2.29. The van der Waals surface area contributed by atoms with Crippen LogP contribution in [0.2, 0.25) is 0 Å². The van der Waals surface area contributed by atoms with E-state index in [0.29, 0.717) is 25.2 Å². The first kappa shape index (κ1) is 20.6. The van der Waals surface area contributed by atoms with Gasteiger partial charge in [-0.1, -0.05) is 44.2 Å². The Labute approximate surface area is 172 Å². The van der Waals surface area contributed by atoms with Crippen molar-refractivity contribution in [3.8, 4) is 6.07 Å². The van der Waals surface area contributed by atoms with E-state index >= 15 is 0 Å². The normalized spacial score (nSPS) is 16.0. The van der Waals surface area contributed by atoms with Crippen molar-refractivity contribution in [3.63, 3.8) is 0 Å². The summed E-state index contributed by atoms with van der Waals surface area (Å²) in [6.07, 6.45) is 1.95. The highest BCUT2D eigenvalue weighted by atomic mass is 16.2. The van der Waals surface area contributed by atoms with Crippen molar-refractivity contribution in [2.75, 3.05) is 18.0 Å². The summed E-state index contributed by atoms with van der Waals surface area (Å²) in [7, 11) is 0. The molecule has 0 N–H and O–H groups in total. The lowest BCUT2D eigenvalue weighted by Gasteiger charge is -2.26. The summed E-state index contributed by atoms with van der Waals surface area (Å²) in [6.45, 7) is 5.69. The second-order valence-corrected chi connectivity index (χ2v) is 7.46. The molecule has 0 saturated carbocycles. The average Bonchev–Trinajstić information content (AvgIpc) is 3.14. The Morgan fingerprint density at radius 2 is 1.90 bits per heavy atom. The van der Waals surface area contributed by atoms with Gasteiger partial charge in [0.1, 0.15) is 0 Å². The number of anilines is 1. The lowest BCUT2D eigenvalue weighted by atomic mass is 10.1. The smallest absolute Gasteiger partial charge is 0.228 e. The predicted octanol–water partition coefficient (Wildman–Crippen LogP) is 3.91. The Balaban J connectivity index is 1.74. The number of carbonyl (C=O) groups excluding carboxylic acids is 2. The molecule has 0 aliphatic carbocycles. The number of carbonyl (C=O) groups is 2. The van der Waals surface area contributed by atoms with E-state index in [9.17, 15) is 9.59 Å². The molecule has 0 aromatic heterocycles. The van der Waals surface area contributed by atoms with Crippen LogP contribution in [0.15, 0.2) is 48.5 Å². The summed E-state index contributed by atoms with van der Waals surface area (Å²) in [4.78, 5) is 29.5. The minimum Gasteiger partial charge on any atom is -0.338 e. The molecule has 1 heterocycles. The van der Waals surface area contributed by atoms with Gasteiger partial charge in [-0.05, 0) is 42.2 Å². The third kappa shape index (κ3) is 4.65. The standard InChI is InChI=1S/C24H27N3O2/c1-3-13-26(16-19-11-9-18(15-25)10-12-19)24(29)21-14-23(28)27(17-21)22-8-6-5-7-20(22)4-2/h5-12,21H,3-4,13-14,16-17H2,1-2H3. The van der Waals surface area contributed by atoms with E-state index in [1.54, 1.807) is 17.0 Å². The second kappa shape index (κ2) is 9.38. The van der Waals surface area contributed by atoms with Crippen molar-refractivity contribution in [2.24, 2.45) is 5.92 Å². The lowest BCUT2D eigenvalue weighted by molar-refractivity contribution is -0.136. The van der Waals surface area contributed by atoms with E-state index in [1.165, 1.54) is 0 Å². The zero-order valence-electron chi connectivity index (χ0n) is 17.1. The van der Waals surface area contributed by atoms with Crippen molar-refractivity contribution < 1.29 is 9.59 Å². The Morgan fingerprint density at radius 3 is 2.55 bits per heavy atom. The van der Waals surface area contributed by atoms with Crippen molar-refractivity contribution >= 4 is 17.5 Å². The van der Waals surface area contributed by atoms with Crippen LogP contribution in [0, 0.1) is 17.2 Å². The molecular weight excluding hydrogens is 362 g/mol. The van der Waals surface area contributed by atoms with Gasteiger partial charge >= 0.3 is 0 Å². The lowest BCUT2D eigenvalue weighted by Crippen LogP contribution is -2.37. The first-order valence-electron chi connectivity index (χ1n) is 10.2. The number of nitriles is 1. The van der Waals surface area contributed by atoms with Gasteiger partial charge in [0.05, 0.1) is 17.6 Å². The van der Waals surface area contributed by atoms with Crippen LogP contribution in [0.25, 0.3) is 0 Å². The first-order valence-corrected chi connectivity index (χ1v) is 10.2. The van der Waals surface area contributed by atoms with Crippen LogP contribution < -0.4 is 4.90 Å². The Hall–Kier alpha value is -3.13. The predicted molar refractivity (Wildman–Crippen MR) is 113 cm³/mol. The second-order valence-electron chi connectivity index (χ2n) is 7.46. The maximum Gasteiger partial charge on any atom is 0.228 e. The Bertz CT molecular complexity index is 914. The van der Waals surface area contributed by atoms with Gasteiger partial charge in [0.25, 0.3) is 0 Å². The van der Waals surface area contributed by atoms with Crippen LogP contribution in [-0.4, -0.2) is 29.8 Å². The summed E-state index contributed by atoms with van der Waals surface area (Å²) in [5, 5.41) is 8.96. The maximum atomic E-state index is 13.2. The monoisotopic (exact) mass is 389 g/mol. The third-order valence-corrected chi connectivity index (χ3v) is 5.40. The number of benzene rings is 2. The number of aryl methyl sites for hydroxylation is 1. The molecule has 2 aromatic carbocycles. The van der Waals surface area contributed by atoms with Crippen LogP contribution in [0.3, 0.4) is 0 Å². The molecule has 1 fully saturated rings. The quantitative estimate of drug-likeness (QED) is 0.721. The van der Waals surface area contributed by atoms with Crippen LogP contribution >= 0.6 is 0 Å². The number of para-hydroxylation sites is 1. The first-order chi connectivity index (χ1) is 14.1. The Morgan fingerprint density at radius 1 is 1.17 bits per heavy atom. The molecule has 1 unspecified atom stereocenters. The molecule has 1 saturated heterocycles. The molecule has 0 bridgehead atoms. The zero-order chi connectivity index (χ0) is 20.8. The highest BCUT2D eigenvalue weighted by molar-refractivity contribution is 6.00. The molecule has 1 aliphatic rings. The number of nitrogens with zero attached hydrogens (tertiary/aromatic N) is 3. The molecule has 5 heteroatoms. The van der Waals surface area contributed by atoms with Gasteiger partial charge in [-0.15, -0.1) is 0 Å². The van der Waals surface area contributed by atoms with E-state index in [0.717, 1.165) is 29.7 Å². The molecule has 150 valence electrons. The van der Waals surface area contributed by atoms with Gasteiger partial charge in [-0.25, -0.2) is 0 Å². The van der Waals surface area contributed by atoms with Gasteiger partial charge in [0.15, 0.2) is 0 Å². The molecule has 5 nitrogen and oxygen atoms in total. The number of amides is 2. The number of hydrogen-bond acceptors (Lipinski definition) is 3. The molecule has 2 aromatic rings. The van der Waals surface area contributed by atoms with Crippen molar-refractivity contribution in [1.29, 1.82) is 5.26 Å². The minimum absolute atomic E-state index is 0.0130. The molecule has 0 radical (unpaired) electrons. The third-order valence-electron chi connectivity index (χ3n) is 5.40. The average molecular weight is 389 g/mol. The zero-order valence-corrected chi connectivity index (χ0v) is 17.1. The van der Waals surface area contributed by atoms with Crippen LogP contribution in [-0.2, 0) is 22.6 Å². The molecular formula is C24H27N3O2. The van der Waals surface area contributed by atoms with Gasteiger partial charge in [-0.2, -0.15) is 5.26 Å². The van der Waals surface area contributed by atoms with Gasteiger partial charge < -0.3 is 9.80 Å². The molecule has 29 heavy (non-hydrogen) atoms. The summed E-state index contributed by atoms with van der Waals surface area (Å²) in [6, 6.07) is 17.3. The van der Waals surface area contributed by atoms with Gasteiger partial charge in [0.2, 0.25) is 11.8 Å². The molecule has 1 aliphatic heterocycles. The topological polar surface area (TPSA) is 64.4 Å². The van der Waals surface area contributed by atoms with E-state index in [4.69, 9.17) is 5.26 Å². The number of hydrogen-bond donors (Lipinski definition) is 0. The van der Waals surface area contributed by atoms with E-state index in [-0.39, 0.29) is 24.2 Å². The van der Waals surface area contributed by atoms with Gasteiger partial charge in [-0.3, -0.25) is 9.59 Å². The summed E-state index contributed by atoms with van der Waals surface area (Å²) >= 11 is 0. The molecule has 0 spiro atoms. The fraction of sp³-hybridized carbons (Fsp3) is 0.375. The van der Waals surface area contributed by atoms with Crippen LogP contribution in [0.1, 0.15) is 43.4 Å². The van der Waals surface area contributed by atoms with Crippen molar-refractivity contribution in [2.45, 2.75) is 39.7 Å². The maximum absolute atomic E-state index is 13.2. The van der Waals surface area contributed by atoms with Crippen molar-refractivity contribution in [1.82, 2.24) is 4.90 Å². The molecule has 3 rings (SSSR count). The summed E-state index contributed by atoms with van der Waals surface area (Å²) in [5.74, 6) is -0.280. The number of rotatable bonds is 7. The highest BCUT2D eigenvalue weighted by Gasteiger charge is 2.37. The summed E-state index contributed by atoms with van der Waals surface area (Å²) < 4.78 is 0. The Kier molecular flexibility index (Phi) is 6.66. The van der Waals surface area contributed by atoms with E-state index in [1.807, 2.05) is 48.2 Å². The fourth-order valence-corrected chi connectivity index (χ4v) is 3.88. The van der Waals surface area contributed by atoms with E-state index < -0.39 is 0 Å².